The summed E-state index contributed by atoms with van der Waals surface area (Å²) < 4.78 is 11.0. The maximum absolute atomic E-state index is 12.3. The average Bonchev–Trinajstić information content (AvgIpc) is 2.67. The molecule has 29 heavy (non-hydrogen) atoms. The fourth-order valence-electron chi connectivity index (χ4n) is 3.10. The van der Waals surface area contributed by atoms with Gasteiger partial charge in [-0.2, -0.15) is 0 Å². The lowest BCUT2D eigenvalue weighted by Crippen LogP contribution is -2.36. The predicted octanol–water partition coefficient (Wildman–Crippen LogP) is 5.39. The molecule has 0 spiro atoms. The van der Waals surface area contributed by atoms with Crippen LogP contribution in [-0.2, 0) is 9.47 Å². The topological polar surface area (TPSA) is 62.2 Å². The Morgan fingerprint density at radius 3 is 2.00 bits per heavy atom. The summed E-state index contributed by atoms with van der Waals surface area (Å²) >= 11 is 0. The van der Waals surface area contributed by atoms with Crippen molar-refractivity contribution in [2.45, 2.75) is 117 Å². The highest BCUT2D eigenvalue weighted by molar-refractivity contribution is 5.67. The molecule has 2 atom stereocenters. The third kappa shape index (κ3) is 15.6. The van der Waals surface area contributed by atoms with Crippen LogP contribution in [0.15, 0.2) is 0 Å². The van der Waals surface area contributed by atoms with Gasteiger partial charge < -0.3 is 19.5 Å². The predicted molar refractivity (Wildman–Crippen MR) is 120 cm³/mol. The van der Waals surface area contributed by atoms with Crippen molar-refractivity contribution >= 4 is 6.09 Å². The molecule has 0 aromatic heterocycles. The molecule has 0 heterocycles. The molecule has 6 nitrogen and oxygen atoms in total. The molecule has 0 aliphatic heterocycles. The van der Waals surface area contributed by atoms with E-state index in [0.717, 1.165) is 64.6 Å². The van der Waals surface area contributed by atoms with Crippen LogP contribution in [0.25, 0.3) is 0 Å². The van der Waals surface area contributed by atoms with Gasteiger partial charge in [-0.05, 0) is 53.6 Å². The fourth-order valence-corrected chi connectivity index (χ4v) is 3.10. The Morgan fingerprint density at radius 2 is 1.45 bits per heavy atom. The highest BCUT2D eigenvalue weighted by atomic mass is 16.6. The molecule has 0 rings (SSSR count). The van der Waals surface area contributed by atoms with Crippen molar-refractivity contribution < 1.29 is 19.4 Å². The van der Waals surface area contributed by atoms with Crippen LogP contribution in [0.5, 0.6) is 0 Å². The molecule has 1 N–H and O–H groups in total. The fraction of sp³-hybridized carbons (Fsp3) is 0.957. The summed E-state index contributed by atoms with van der Waals surface area (Å²) in [7, 11) is 1.85. The van der Waals surface area contributed by atoms with Gasteiger partial charge in [-0.15, -0.1) is 0 Å². The van der Waals surface area contributed by atoms with Crippen molar-refractivity contribution in [2.24, 2.45) is 0 Å². The number of hydrogen-bond donors (Lipinski definition) is 1. The van der Waals surface area contributed by atoms with Crippen LogP contribution in [0.4, 0.5) is 4.79 Å². The molecule has 6 heteroatoms. The third-order valence-electron chi connectivity index (χ3n) is 5.14. The molecule has 2 unspecified atom stereocenters. The summed E-state index contributed by atoms with van der Waals surface area (Å²) in [6, 6.07) is 0. The SMILES string of the molecule is CCCCCCN(CCCCCCCC(C)OC(O)N(C)CC)C(=O)OC(C)C. The average molecular weight is 417 g/mol. The first-order valence-electron chi connectivity index (χ1n) is 11.8. The first-order chi connectivity index (χ1) is 13.8. The second-order valence-corrected chi connectivity index (χ2v) is 8.38. The van der Waals surface area contributed by atoms with Crippen LogP contribution >= 0.6 is 0 Å². The van der Waals surface area contributed by atoms with E-state index in [4.69, 9.17) is 9.47 Å². The minimum atomic E-state index is -0.816. The van der Waals surface area contributed by atoms with Crippen LogP contribution in [0.2, 0.25) is 0 Å². The van der Waals surface area contributed by atoms with Gasteiger partial charge in [0.15, 0.2) is 0 Å². The molecular weight excluding hydrogens is 368 g/mol. The maximum Gasteiger partial charge on any atom is 0.410 e. The summed E-state index contributed by atoms with van der Waals surface area (Å²) in [4.78, 5) is 15.9. The number of carbonyl (C=O) groups excluding carboxylic acids is 1. The monoisotopic (exact) mass is 416 g/mol. The second kappa shape index (κ2) is 18.0. The van der Waals surface area contributed by atoms with E-state index in [1.54, 1.807) is 4.90 Å². The van der Waals surface area contributed by atoms with Gasteiger partial charge in [0.05, 0.1) is 12.2 Å². The summed E-state index contributed by atoms with van der Waals surface area (Å²) in [5.41, 5.74) is 0. The Hall–Kier alpha value is -0.850. The molecule has 0 saturated heterocycles. The number of ether oxygens (including phenoxy) is 2. The number of rotatable bonds is 18. The molecule has 0 aliphatic carbocycles. The minimum Gasteiger partial charge on any atom is -0.447 e. The van der Waals surface area contributed by atoms with Gasteiger partial charge in [-0.1, -0.05) is 58.8 Å². The zero-order valence-corrected chi connectivity index (χ0v) is 20.0. The molecule has 0 fully saturated rings. The van der Waals surface area contributed by atoms with E-state index in [9.17, 15) is 9.90 Å². The maximum atomic E-state index is 12.3. The van der Waals surface area contributed by atoms with Crippen molar-refractivity contribution in [3.63, 3.8) is 0 Å². The lowest BCUT2D eigenvalue weighted by atomic mass is 10.1. The van der Waals surface area contributed by atoms with Gasteiger partial charge in [0.2, 0.25) is 6.41 Å². The summed E-state index contributed by atoms with van der Waals surface area (Å²) in [6.45, 7) is 12.4. The van der Waals surface area contributed by atoms with Crippen molar-refractivity contribution in [3.8, 4) is 0 Å². The molecular formula is C23H48N2O4. The zero-order valence-electron chi connectivity index (χ0n) is 20.0. The molecule has 0 aliphatic rings. The molecule has 1 amide bonds. The first-order valence-corrected chi connectivity index (χ1v) is 11.8. The standard InChI is InChI=1S/C23H48N2O4/c1-7-9-10-15-18-25(23(27)28-20(3)4)19-16-13-11-12-14-17-21(5)29-22(26)24(6)8-2/h20-22,26H,7-19H2,1-6H3. The van der Waals surface area contributed by atoms with E-state index in [0.29, 0.717) is 0 Å². The van der Waals surface area contributed by atoms with Crippen LogP contribution in [0, 0.1) is 0 Å². The van der Waals surface area contributed by atoms with Gasteiger partial charge in [0, 0.05) is 13.1 Å². The molecule has 0 radical (unpaired) electrons. The van der Waals surface area contributed by atoms with E-state index in [1.807, 2.05) is 39.6 Å². The van der Waals surface area contributed by atoms with Crippen molar-refractivity contribution in [1.82, 2.24) is 9.80 Å². The van der Waals surface area contributed by atoms with E-state index >= 15 is 0 Å². The molecule has 174 valence electrons. The third-order valence-corrected chi connectivity index (χ3v) is 5.14. The van der Waals surface area contributed by atoms with Gasteiger partial charge in [0.25, 0.3) is 0 Å². The number of aliphatic hydroxyl groups excluding tert-OH is 1. The van der Waals surface area contributed by atoms with E-state index < -0.39 is 6.41 Å². The van der Waals surface area contributed by atoms with Crippen LogP contribution in [0.1, 0.15) is 98.8 Å². The van der Waals surface area contributed by atoms with Crippen LogP contribution < -0.4 is 0 Å². The largest absolute Gasteiger partial charge is 0.447 e. The molecule has 0 aromatic carbocycles. The minimum absolute atomic E-state index is 0.0587. The van der Waals surface area contributed by atoms with Gasteiger partial charge in [-0.3, -0.25) is 4.90 Å². The van der Waals surface area contributed by atoms with E-state index in [-0.39, 0.29) is 18.3 Å². The lowest BCUT2D eigenvalue weighted by Gasteiger charge is -2.25. The van der Waals surface area contributed by atoms with Gasteiger partial charge in [-0.25, -0.2) is 4.79 Å². The highest BCUT2D eigenvalue weighted by Gasteiger charge is 2.16. The second-order valence-electron chi connectivity index (χ2n) is 8.38. The first kappa shape index (κ1) is 28.1. The summed E-state index contributed by atoms with van der Waals surface area (Å²) in [5, 5.41) is 9.86. The zero-order chi connectivity index (χ0) is 22.1. The number of nitrogens with zero attached hydrogens (tertiary/aromatic N) is 2. The van der Waals surface area contributed by atoms with Crippen molar-refractivity contribution in [1.29, 1.82) is 0 Å². The Bertz CT molecular complexity index is 393. The van der Waals surface area contributed by atoms with Crippen LogP contribution in [0.3, 0.4) is 0 Å². The normalized spacial score (nSPS) is 13.7. The number of amides is 1. The van der Waals surface area contributed by atoms with Crippen LogP contribution in [-0.4, -0.2) is 66.3 Å². The Kier molecular flexibility index (Phi) is 17.4. The Morgan fingerprint density at radius 1 is 0.897 bits per heavy atom. The van der Waals surface area contributed by atoms with E-state index in [1.165, 1.54) is 19.3 Å². The number of unbranched alkanes of at least 4 members (excludes halogenated alkanes) is 7. The number of carbonyl (C=O) groups is 1. The highest BCUT2D eigenvalue weighted by Crippen LogP contribution is 2.12. The summed E-state index contributed by atoms with van der Waals surface area (Å²) in [6.07, 6.45) is 10.2. The van der Waals surface area contributed by atoms with Crippen molar-refractivity contribution in [2.75, 3.05) is 26.7 Å². The quantitative estimate of drug-likeness (QED) is 0.240. The number of aliphatic hydroxyl groups is 1. The number of hydrogen-bond acceptors (Lipinski definition) is 5. The lowest BCUT2D eigenvalue weighted by molar-refractivity contribution is -0.207. The summed E-state index contributed by atoms with van der Waals surface area (Å²) in [5.74, 6) is 0. The van der Waals surface area contributed by atoms with Crippen molar-refractivity contribution in [3.05, 3.63) is 0 Å². The van der Waals surface area contributed by atoms with Gasteiger partial charge >= 0.3 is 6.09 Å². The van der Waals surface area contributed by atoms with Gasteiger partial charge in [0.1, 0.15) is 0 Å². The molecule has 0 saturated carbocycles. The Labute approximate surface area is 179 Å². The molecule has 0 bridgehead atoms. The smallest absolute Gasteiger partial charge is 0.410 e. The Balaban J connectivity index is 3.96. The van der Waals surface area contributed by atoms with E-state index in [2.05, 4.69) is 6.92 Å². The molecule has 0 aromatic rings.